The molecule has 0 fully saturated rings. The summed E-state index contributed by atoms with van der Waals surface area (Å²) in [6.45, 7) is 2.94. The molecule has 1 unspecified atom stereocenters. The van der Waals surface area contributed by atoms with Gasteiger partial charge in [-0.25, -0.2) is 0 Å². The molecule has 0 heterocycles. The van der Waals surface area contributed by atoms with Gasteiger partial charge in [0, 0.05) is 11.6 Å². The predicted octanol–water partition coefficient (Wildman–Crippen LogP) is 3.67. The maximum absolute atomic E-state index is 9.75. The zero-order chi connectivity index (χ0) is 14.1. The summed E-state index contributed by atoms with van der Waals surface area (Å²) in [6.07, 6.45) is 7.12. The van der Waals surface area contributed by atoms with Crippen molar-refractivity contribution in [1.82, 2.24) is 5.32 Å². The Kier molecular flexibility index (Phi) is 7.75. The Morgan fingerprint density at radius 3 is 2.63 bits per heavy atom. The van der Waals surface area contributed by atoms with E-state index < -0.39 is 0 Å². The quantitative estimate of drug-likeness (QED) is 0.478. The number of rotatable bonds is 9. The summed E-state index contributed by atoms with van der Waals surface area (Å²) >= 11 is 1.90. The van der Waals surface area contributed by atoms with Gasteiger partial charge in [-0.15, -0.1) is 0 Å². The van der Waals surface area contributed by atoms with E-state index in [-0.39, 0.29) is 17.5 Å². The van der Waals surface area contributed by atoms with E-state index in [9.17, 15) is 10.2 Å². The normalized spacial score (nSPS) is 12.5. The minimum Gasteiger partial charge on any atom is -0.508 e. The van der Waals surface area contributed by atoms with Gasteiger partial charge in [-0.3, -0.25) is 0 Å². The third-order valence-electron chi connectivity index (χ3n) is 3.20. The van der Waals surface area contributed by atoms with Crippen LogP contribution in [0.15, 0.2) is 18.2 Å². The summed E-state index contributed by atoms with van der Waals surface area (Å²) in [5.41, 5.74) is 0.752. The van der Waals surface area contributed by atoms with E-state index in [1.54, 1.807) is 6.07 Å². The van der Waals surface area contributed by atoms with E-state index in [0.717, 1.165) is 18.5 Å². The number of phenolic OH excluding ortho intramolecular Hbond substituents is 2. The van der Waals surface area contributed by atoms with Gasteiger partial charge in [0.25, 0.3) is 0 Å². The number of hydrogen-bond donors (Lipinski definition) is 3. The first-order valence-corrected chi connectivity index (χ1v) is 8.28. The number of thioether (sulfide) groups is 1. The first kappa shape index (κ1) is 16.2. The molecule has 0 aliphatic carbocycles. The number of nitrogens with one attached hydrogen (secondary N) is 1. The van der Waals surface area contributed by atoms with Gasteiger partial charge in [0.2, 0.25) is 0 Å². The fourth-order valence-corrected chi connectivity index (χ4v) is 2.54. The number of hydrogen-bond acceptors (Lipinski definition) is 4. The Hall–Kier alpha value is -0.870. The summed E-state index contributed by atoms with van der Waals surface area (Å²) in [5, 5.41) is 22.6. The van der Waals surface area contributed by atoms with Gasteiger partial charge >= 0.3 is 0 Å². The Morgan fingerprint density at radius 2 is 1.89 bits per heavy atom. The zero-order valence-electron chi connectivity index (χ0n) is 11.9. The summed E-state index contributed by atoms with van der Waals surface area (Å²) < 4.78 is 0. The first-order valence-electron chi connectivity index (χ1n) is 6.89. The lowest BCUT2D eigenvalue weighted by molar-refractivity contribution is 0.439. The van der Waals surface area contributed by atoms with Gasteiger partial charge in [-0.2, -0.15) is 11.8 Å². The van der Waals surface area contributed by atoms with Crippen molar-refractivity contribution in [3.05, 3.63) is 23.8 Å². The lowest BCUT2D eigenvalue weighted by Crippen LogP contribution is -2.19. The highest BCUT2D eigenvalue weighted by molar-refractivity contribution is 7.98. The average Bonchev–Trinajstić information content (AvgIpc) is 2.40. The molecule has 1 atom stereocenters. The van der Waals surface area contributed by atoms with Gasteiger partial charge in [0.1, 0.15) is 11.5 Å². The number of benzene rings is 1. The molecule has 1 aromatic carbocycles. The fourth-order valence-electron chi connectivity index (χ4n) is 2.04. The molecule has 0 amide bonds. The van der Waals surface area contributed by atoms with Crippen molar-refractivity contribution >= 4 is 11.8 Å². The lowest BCUT2D eigenvalue weighted by Gasteiger charge is -2.15. The molecule has 3 N–H and O–H groups in total. The molecular weight excluding hydrogens is 258 g/mol. The van der Waals surface area contributed by atoms with E-state index >= 15 is 0 Å². The average molecular weight is 283 g/mol. The van der Waals surface area contributed by atoms with Crippen LogP contribution in [-0.2, 0) is 0 Å². The molecule has 0 radical (unpaired) electrons. The Morgan fingerprint density at radius 1 is 1.16 bits per heavy atom. The minimum atomic E-state index is 0.0540. The SMILES string of the molecule is CSCCCCCCNC(C)c1cc(O)ccc1O. The van der Waals surface area contributed by atoms with Crippen molar-refractivity contribution < 1.29 is 10.2 Å². The Bertz CT molecular complexity index is 371. The largest absolute Gasteiger partial charge is 0.508 e. The van der Waals surface area contributed by atoms with E-state index in [1.165, 1.54) is 37.1 Å². The number of aromatic hydroxyl groups is 2. The van der Waals surface area contributed by atoms with Crippen LogP contribution in [0.25, 0.3) is 0 Å². The van der Waals surface area contributed by atoms with Crippen molar-refractivity contribution in [3.8, 4) is 11.5 Å². The van der Waals surface area contributed by atoms with Crippen LogP contribution in [0.5, 0.6) is 11.5 Å². The van der Waals surface area contributed by atoms with Crippen LogP contribution in [0.4, 0.5) is 0 Å². The second-order valence-electron chi connectivity index (χ2n) is 4.83. The predicted molar refractivity (Wildman–Crippen MR) is 83.0 cm³/mol. The minimum absolute atomic E-state index is 0.0540. The topological polar surface area (TPSA) is 52.5 Å². The summed E-state index contributed by atoms with van der Waals surface area (Å²) in [4.78, 5) is 0. The molecule has 0 saturated heterocycles. The highest BCUT2D eigenvalue weighted by atomic mass is 32.2. The van der Waals surface area contributed by atoms with Gasteiger partial charge in [-0.05, 0) is 56.5 Å². The standard InChI is InChI=1S/C15H25NO2S/c1-12(14-11-13(17)7-8-15(14)18)16-9-5-3-4-6-10-19-2/h7-8,11-12,16-18H,3-6,9-10H2,1-2H3. The lowest BCUT2D eigenvalue weighted by atomic mass is 10.1. The van der Waals surface area contributed by atoms with Gasteiger partial charge in [0.15, 0.2) is 0 Å². The van der Waals surface area contributed by atoms with Crippen LogP contribution in [0, 0.1) is 0 Å². The molecule has 1 rings (SSSR count). The van der Waals surface area contributed by atoms with Crippen molar-refractivity contribution in [3.63, 3.8) is 0 Å². The van der Waals surface area contributed by atoms with Crippen molar-refractivity contribution in [2.45, 2.75) is 38.6 Å². The van der Waals surface area contributed by atoms with Crippen LogP contribution >= 0.6 is 11.8 Å². The maximum Gasteiger partial charge on any atom is 0.120 e. The van der Waals surface area contributed by atoms with Gasteiger partial charge in [0.05, 0.1) is 0 Å². The second-order valence-corrected chi connectivity index (χ2v) is 5.81. The zero-order valence-corrected chi connectivity index (χ0v) is 12.7. The highest BCUT2D eigenvalue weighted by Gasteiger charge is 2.10. The third kappa shape index (κ3) is 6.21. The van der Waals surface area contributed by atoms with Gasteiger partial charge < -0.3 is 15.5 Å². The molecule has 0 aliphatic rings. The molecule has 0 aromatic heterocycles. The van der Waals surface area contributed by atoms with E-state index in [0.29, 0.717) is 0 Å². The van der Waals surface area contributed by atoms with Crippen molar-refractivity contribution in [1.29, 1.82) is 0 Å². The molecule has 0 aliphatic heterocycles. The van der Waals surface area contributed by atoms with Crippen LogP contribution in [0.1, 0.15) is 44.2 Å². The van der Waals surface area contributed by atoms with Gasteiger partial charge in [-0.1, -0.05) is 12.8 Å². The van der Waals surface area contributed by atoms with Crippen LogP contribution < -0.4 is 5.32 Å². The van der Waals surface area contributed by atoms with E-state index in [2.05, 4.69) is 11.6 Å². The summed E-state index contributed by atoms with van der Waals surface area (Å²) in [7, 11) is 0. The van der Waals surface area contributed by atoms with E-state index in [4.69, 9.17) is 0 Å². The fraction of sp³-hybridized carbons (Fsp3) is 0.600. The molecule has 19 heavy (non-hydrogen) atoms. The smallest absolute Gasteiger partial charge is 0.120 e. The summed E-state index contributed by atoms with van der Waals surface area (Å²) in [5.74, 6) is 1.68. The van der Waals surface area contributed by atoms with Crippen molar-refractivity contribution in [2.24, 2.45) is 0 Å². The third-order valence-corrected chi connectivity index (χ3v) is 3.90. The van der Waals surface area contributed by atoms with Crippen molar-refractivity contribution in [2.75, 3.05) is 18.6 Å². The van der Waals surface area contributed by atoms with E-state index in [1.807, 2.05) is 18.7 Å². The first-order chi connectivity index (χ1) is 9.15. The monoisotopic (exact) mass is 283 g/mol. The summed E-state index contributed by atoms with van der Waals surface area (Å²) in [6, 6.07) is 4.70. The Labute approximate surface area is 120 Å². The number of phenols is 2. The molecular formula is C15H25NO2S. The molecule has 0 spiro atoms. The molecule has 3 nitrogen and oxygen atoms in total. The maximum atomic E-state index is 9.75. The second kappa shape index (κ2) is 9.10. The highest BCUT2D eigenvalue weighted by Crippen LogP contribution is 2.27. The van der Waals surface area contributed by atoms with Crippen LogP contribution in [0.2, 0.25) is 0 Å². The van der Waals surface area contributed by atoms with Crippen LogP contribution in [-0.4, -0.2) is 28.8 Å². The van der Waals surface area contributed by atoms with Crippen LogP contribution in [0.3, 0.4) is 0 Å². The molecule has 0 bridgehead atoms. The molecule has 4 heteroatoms. The molecule has 1 aromatic rings. The number of unbranched alkanes of at least 4 members (excludes halogenated alkanes) is 3. The Balaban J connectivity index is 2.23. The molecule has 0 saturated carbocycles. The molecule has 108 valence electrons.